The van der Waals surface area contributed by atoms with Gasteiger partial charge in [-0.25, -0.2) is 0 Å². The molecule has 0 bridgehead atoms. The second kappa shape index (κ2) is 5.69. The molecule has 0 heterocycles. The largest absolute Gasteiger partial charge is 0.496 e. The van der Waals surface area contributed by atoms with Crippen LogP contribution < -0.4 is 4.74 Å². The molecule has 0 spiro atoms. The van der Waals surface area contributed by atoms with Crippen LogP contribution in [0.5, 0.6) is 5.75 Å². The van der Waals surface area contributed by atoms with Gasteiger partial charge in [-0.1, -0.05) is 31.9 Å². The predicted molar refractivity (Wildman–Crippen MR) is 61.0 cm³/mol. The fourth-order valence-electron chi connectivity index (χ4n) is 1.74. The molecule has 1 rings (SSSR count). The van der Waals surface area contributed by atoms with Gasteiger partial charge in [0.05, 0.1) is 7.11 Å². The first kappa shape index (κ1) is 11.1. The van der Waals surface area contributed by atoms with Crippen LogP contribution in [0.4, 0.5) is 0 Å². The summed E-state index contributed by atoms with van der Waals surface area (Å²) in [5.41, 5.74) is 2.73. The third kappa shape index (κ3) is 2.76. The Labute approximate surface area is 87.1 Å². The molecule has 0 aromatic heterocycles. The fraction of sp³-hybridized carbons (Fsp3) is 0.538. The first-order valence-corrected chi connectivity index (χ1v) is 5.42. The zero-order valence-electron chi connectivity index (χ0n) is 9.47. The van der Waals surface area contributed by atoms with Crippen LogP contribution in [0.25, 0.3) is 0 Å². The van der Waals surface area contributed by atoms with Gasteiger partial charge in [0.2, 0.25) is 0 Å². The molecule has 1 nitrogen and oxygen atoms in total. The highest BCUT2D eigenvalue weighted by atomic mass is 16.5. The normalized spacial score (nSPS) is 10.2. The molecule has 78 valence electrons. The predicted octanol–water partition coefficient (Wildman–Crippen LogP) is 3.74. The average molecular weight is 192 g/mol. The first-order chi connectivity index (χ1) is 6.79. The standard InChI is InChI=1S/C13H20O/c1-4-5-6-9-12-11(2)8-7-10-13(12)14-3/h7-8,10H,4-6,9H2,1-3H3. The zero-order valence-corrected chi connectivity index (χ0v) is 9.47. The topological polar surface area (TPSA) is 9.23 Å². The van der Waals surface area contributed by atoms with Crippen LogP contribution in [0.3, 0.4) is 0 Å². The molecule has 0 unspecified atom stereocenters. The van der Waals surface area contributed by atoms with Crippen molar-refractivity contribution in [1.82, 2.24) is 0 Å². The van der Waals surface area contributed by atoms with E-state index in [4.69, 9.17) is 4.74 Å². The highest BCUT2D eigenvalue weighted by Gasteiger charge is 2.04. The van der Waals surface area contributed by atoms with E-state index in [9.17, 15) is 0 Å². The molecule has 1 aromatic carbocycles. The molecule has 0 saturated heterocycles. The summed E-state index contributed by atoms with van der Waals surface area (Å²) < 4.78 is 5.36. The van der Waals surface area contributed by atoms with E-state index in [1.807, 2.05) is 6.07 Å². The van der Waals surface area contributed by atoms with Crippen molar-refractivity contribution < 1.29 is 4.74 Å². The Balaban J connectivity index is 2.72. The van der Waals surface area contributed by atoms with E-state index in [2.05, 4.69) is 26.0 Å². The van der Waals surface area contributed by atoms with Crippen molar-refractivity contribution >= 4 is 0 Å². The number of rotatable bonds is 5. The molecule has 0 radical (unpaired) electrons. The van der Waals surface area contributed by atoms with E-state index in [-0.39, 0.29) is 0 Å². The van der Waals surface area contributed by atoms with Crippen LogP contribution in [-0.4, -0.2) is 7.11 Å². The molecule has 14 heavy (non-hydrogen) atoms. The van der Waals surface area contributed by atoms with Gasteiger partial charge in [0.15, 0.2) is 0 Å². The van der Waals surface area contributed by atoms with Gasteiger partial charge in [0.1, 0.15) is 5.75 Å². The Hall–Kier alpha value is -0.980. The van der Waals surface area contributed by atoms with Crippen LogP contribution in [-0.2, 0) is 6.42 Å². The van der Waals surface area contributed by atoms with Crippen molar-refractivity contribution in [2.75, 3.05) is 7.11 Å². The molecule has 1 aromatic rings. The minimum atomic E-state index is 1.04. The minimum absolute atomic E-state index is 1.04. The van der Waals surface area contributed by atoms with Crippen molar-refractivity contribution in [2.24, 2.45) is 0 Å². The minimum Gasteiger partial charge on any atom is -0.496 e. The summed E-state index contributed by atoms with van der Waals surface area (Å²) in [6.45, 7) is 4.39. The van der Waals surface area contributed by atoms with Crippen LogP contribution in [0.15, 0.2) is 18.2 Å². The molecule has 0 aliphatic heterocycles. The molecular formula is C13H20O. The Morgan fingerprint density at radius 3 is 2.64 bits per heavy atom. The van der Waals surface area contributed by atoms with Gasteiger partial charge in [-0.05, 0) is 37.0 Å². The van der Waals surface area contributed by atoms with Crippen molar-refractivity contribution in [3.8, 4) is 5.75 Å². The molecule has 1 heteroatoms. The molecular weight excluding hydrogens is 172 g/mol. The van der Waals surface area contributed by atoms with Crippen molar-refractivity contribution in [3.05, 3.63) is 29.3 Å². The number of benzene rings is 1. The maximum atomic E-state index is 5.36. The molecule has 0 fully saturated rings. The van der Waals surface area contributed by atoms with Crippen LogP contribution >= 0.6 is 0 Å². The SMILES string of the molecule is CCCCCc1c(C)cccc1OC. The lowest BCUT2D eigenvalue weighted by molar-refractivity contribution is 0.408. The molecule has 0 aliphatic rings. The maximum absolute atomic E-state index is 5.36. The van der Waals surface area contributed by atoms with Crippen molar-refractivity contribution in [3.63, 3.8) is 0 Å². The van der Waals surface area contributed by atoms with E-state index in [0.717, 1.165) is 12.2 Å². The summed E-state index contributed by atoms with van der Waals surface area (Å²) >= 11 is 0. The molecule has 0 atom stereocenters. The van der Waals surface area contributed by atoms with Crippen LogP contribution in [0.1, 0.15) is 37.3 Å². The Kier molecular flexibility index (Phi) is 4.51. The van der Waals surface area contributed by atoms with Gasteiger partial charge in [-0.2, -0.15) is 0 Å². The van der Waals surface area contributed by atoms with E-state index in [1.165, 1.54) is 30.4 Å². The van der Waals surface area contributed by atoms with E-state index in [0.29, 0.717) is 0 Å². The maximum Gasteiger partial charge on any atom is 0.122 e. The highest BCUT2D eigenvalue weighted by molar-refractivity contribution is 5.39. The third-order valence-electron chi connectivity index (χ3n) is 2.62. The number of hydrogen-bond donors (Lipinski definition) is 0. The summed E-state index contributed by atoms with van der Waals surface area (Å²) in [5.74, 6) is 1.04. The van der Waals surface area contributed by atoms with E-state index >= 15 is 0 Å². The van der Waals surface area contributed by atoms with Gasteiger partial charge >= 0.3 is 0 Å². The summed E-state index contributed by atoms with van der Waals surface area (Å²) in [4.78, 5) is 0. The Bertz CT molecular complexity index is 279. The highest BCUT2D eigenvalue weighted by Crippen LogP contribution is 2.23. The number of hydrogen-bond acceptors (Lipinski definition) is 1. The van der Waals surface area contributed by atoms with Gasteiger partial charge in [-0.3, -0.25) is 0 Å². The Morgan fingerprint density at radius 1 is 1.21 bits per heavy atom. The lowest BCUT2D eigenvalue weighted by Gasteiger charge is -2.10. The summed E-state index contributed by atoms with van der Waals surface area (Å²) in [6.07, 6.45) is 4.98. The number of unbranched alkanes of at least 4 members (excludes halogenated alkanes) is 2. The molecule has 0 amide bonds. The summed E-state index contributed by atoms with van der Waals surface area (Å²) in [5, 5.41) is 0. The van der Waals surface area contributed by atoms with E-state index in [1.54, 1.807) is 7.11 Å². The first-order valence-electron chi connectivity index (χ1n) is 5.42. The Morgan fingerprint density at radius 2 is 2.00 bits per heavy atom. The third-order valence-corrected chi connectivity index (χ3v) is 2.62. The van der Waals surface area contributed by atoms with Crippen molar-refractivity contribution in [1.29, 1.82) is 0 Å². The number of aryl methyl sites for hydroxylation is 1. The molecule has 0 saturated carbocycles. The van der Waals surface area contributed by atoms with Gasteiger partial charge in [-0.15, -0.1) is 0 Å². The van der Waals surface area contributed by atoms with Crippen LogP contribution in [0, 0.1) is 6.92 Å². The van der Waals surface area contributed by atoms with Crippen LogP contribution in [0.2, 0.25) is 0 Å². The van der Waals surface area contributed by atoms with Gasteiger partial charge in [0, 0.05) is 0 Å². The van der Waals surface area contributed by atoms with E-state index < -0.39 is 0 Å². The fourth-order valence-corrected chi connectivity index (χ4v) is 1.74. The number of ether oxygens (including phenoxy) is 1. The quantitative estimate of drug-likeness (QED) is 0.646. The van der Waals surface area contributed by atoms with Gasteiger partial charge in [0.25, 0.3) is 0 Å². The number of methoxy groups -OCH3 is 1. The average Bonchev–Trinajstić information content (AvgIpc) is 2.20. The summed E-state index contributed by atoms with van der Waals surface area (Å²) in [7, 11) is 1.75. The summed E-state index contributed by atoms with van der Waals surface area (Å²) in [6, 6.07) is 6.26. The lowest BCUT2D eigenvalue weighted by Crippen LogP contribution is -1.95. The lowest BCUT2D eigenvalue weighted by atomic mass is 10.0. The van der Waals surface area contributed by atoms with Crippen molar-refractivity contribution in [2.45, 2.75) is 39.5 Å². The molecule has 0 aliphatic carbocycles. The molecule has 0 N–H and O–H groups in total. The monoisotopic (exact) mass is 192 g/mol. The van der Waals surface area contributed by atoms with Gasteiger partial charge < -0.3 is 4.74 Å². The zero-order chi connectivity index (χ0) is 10.4. The smallest absolute Gasteiger partial charge is 0.122 e. The second-order valence-electron chi connectivity index (χ2n) is 3.71. The second-order valence-corrected chi connectivity index (χ2v) is 3.71.